The lowest BCUT2D eigenvalue weighted by Crippen LogP contribution is -2.35. The molecule has 1 aromatic carbocycles. The average Bonchev–Trinajstić information content (AvgIpc) is 2.74. The second-order valence-electron chi connectivity index (χ2n) is 5.12. The molecule has 1 aliphatic rings. The van der Waals surface area contributed by atoms with E-state index in [2.05, 4.69) is 0 Å². The zero-order valence-electron chi connectivity index (χ0n) is 12.0. The molecule has 2 rings (SSSR count). The molecule has 5 nitrogen and oxygen atoms in total. The van der Waals surface area contributed by atoms with Crippen molar-refractivity contribution >= 4 is 5.97 Å². The fourth-order valence-corrected chi connectivity index (χ4v) is 2.14. The van der Waals surface area contributed by atoms with Crippen molar-refractivity contribution in [2.24, 2.45) is 0 Å². The Kier molecular flexibility index (Phi) is 4.75. The minimum atomic E-state index is -0.806. The van der Waals surface area contributed by atoms with Crippen LogP contribution in [-0.2, 0) is 30.3 Å². The van der Waals surface area contributed by atoms with E-state index in [9.17, 15) is 4.79 Å². The fourth-order valence-electron chi connectivity index (χ4n) is 2.14. The monoisotopic (exact) mass is 280 g/mol. The summed E-state index contributed by atoms with van der Waals surface area (Å²) in [5, 5.41) is 0. The number of carbonyl (C=O) groups excluding carboxylic acids is 1. The smallest absolute Gasteiger partial charge is 0.337 e. The van der Waals surface area contributed by atoms with Crippen molar-refractivity contribution < 1.29 is 23.7 Å². The second-order valence-corrected chi connectivity index (χ2v) is 5.12. The van der Waals surface area contributed by atoms with Gasteiger partial charge < -0.3 is 18.9 Å². The van der Waals surface area contributed by atoms with E-state index in [1.165, 1.54) is 7.11 Å². The number of hydrogen-bond donors (Lipinski definition) is 0. The van der Waals surface area contributed by atoms with Crippen molar-refractivity contribution in [1.29, 1.82) is 0 Å². The minimum Gasteiger partial charge on any atom is -0.467 e. The van der Waals surface area contributed by atoms with Gasteiger partial charge in [-0.1, -0.05) is 30.3 Å². The van der Waals surface area contributed by atoms with Crippen LogP contribution < -0.4 is 0 Å². The summed E-state index contributed by atoms with van der Waals surface area (Å²) in [6, 6.07) is 9.82. The molecule has 0 N–H and O–H groups in total. The molecule has 5 heteroatoms. The molecule has 0 aliphatic carbocycles. The van der Waals surface area contributed by atoms with Gasteiger partial charge in [-0.25, -0.2) is 4.79 Å². The summed E-state index contributed by atoms with van der Waals surface area (Å²) in [4.78, 5) is 11.7. The molecule has 0 aromatic heterocycles. The van der Waals surface area contributed by atoms with Crippen LogP contribution in [0.15, 0.2) is 30.3 Å². The predicted octanol–water partition coefficient (Wildman–Crippen LogP) is 1.90. The first-order chi connectivity index (χ1) is 9.52. The fraction of sp³-hybridized carbons (Fsp3) is 0.533. The standard InChI is InChI=1S/C15H20O5/c1-15(2)19-12(13(20-15)14(16)17-3)10-18-9-11-7-5-4-6-8-11/h4-8,12-13H,9-10H2,1-3H3/t12-,13+/m1/s1. The van der Waals surface area contributed by atoms with Crippen molar-refractivity contribution in [3.63, 3.8) is 0 Å². The number of carbonyl (C=O) groups is 1. The highest BCUT2D eigenvalue weighted by molar-refractivity contribution is 5.75. The van der Waals surface area contributed by atoms with Crippen LogP contribution in [0.5, 0.6) is 0 Å². The first kappa shape index (κ1) is 15.0. The van der Waals surface area contributed by atoms with Crippen LogP contribution in [-0.4, -0.2) is 37.7 Å². The topological polar surface area (TPSA) is 54.0 Å². The van der Waals surface area contributed by atoms with E-state index in [0.29, 0.717) is 6.61 Å². The lowest BCUT2D eigenvalue weighted by atomic mass is 10.2. The van der Waals surface area contributed by atoms with Crippen LogP contribution in [0.3, 0.4) is 0 Å². The quantitative estimate of drug-likeness (QED) is 0.771. The van der Waals surface area contributed by atoms with Gasteiger partial charge in [-0.2, -0.15) is 0 Å². The third-order valence-corrected chi connectivity index (χ3v) is 3.01. The number of benzene rings is 1. The normalized spacial score (nSPS) is 24.6. The van der Waals surface area contributed by atoms with Gasteiger partial charge in [0.25, 0.3) is 0 Å². The van der Waals surface area contributed by atoms with Crippen molar-refractivity contribution in [3.05, 3.63) is 35.9 Å². The van der Waals surface area contributed by atoms with Gasteiger partial charge in [-0.15, -0.1) is 0 Å². The Balaban J connectivity index is 1.88. The Labute approximate surface area is 118 Å². The van der Waals surface area contributed by atoms with E-state index < -0.39 is 24.0 Å². The van der Waals surface area contributed by atoms with Gasteiger partial charge in [0.2, 0.25) is 0 Å². The number of rotatable bonds is 5. The van der Waals surface area contributed by atoms with Crippen molar-refractivity contribution in [3.8, 4) is 0 Å². The molecule has 1 aliphatic heterocycles. The van der Waals surface area contributed by atoms with Crippen molar-refractivity contribution in [2.45, 2.75) is 38.4 Å². The molecule has 1 fully saturated rings. The van der Waals surface area contributed by atoms with E-state index in [1.807, 2.05) is 30.3 Å². The number of hydrogen-bond acceptors (Lipinski definition) is 5. The van der Waals surface area contributed by atoms with Crippen LogP contribution in [0.4, 0.5) is 0 Å². The third-order valence-electron chi connectivity index (χ3n) is 3.01. The molecular weight excluding hydrogens is 260 g/mol. The van der Waals surface area contributed by atoms with Gasteiger partial charge in [0.1, 0.15) is 6.10 Å². The van der Waals surface area contributed by atoms with Crippen LogP contribution in [0.25, 0.3) is 0 Å². The highest BCUT2D eigenvalue weighted by Crippen LogP contribution is 2.29. The predicted molar refractivity (Wildman–Crippen MR) is 71.9 cm³/mol. The van der Waals surface area contributed by atoms with E-state index in [-0.39, 0.29) is 6.61 Å². The molecular formula is C15H20O5. The highest BCUT2D eigenvalue weighted by Gasteiger charge is 2.45. The maximum atomic E-state index is 11.7. The Hall–Kier alpha value is -1.43. The summed E-state index contributed by atoms with van der Waals surface area (Å²) in [6.07, 6.45) is -1.20. The Bertz CT molecular complexity index is 443. The lowest BCUT2D eigenvalue weighted by molar-refractivity contribution is -0.168. The molecule has 0 saturated carbocycles. The molecule has 0 bridgehead atoms. The van der Waals surface area contributed by atoms with Crippen molar-refractivity contribution in [1.82, 2.24) is 0 Å². The van der Waals surface area contributed by atoms with Gasteiger partial charge >= 0.3 is 5.97 Å². The van der Waals surface area contributed by atoms with Crippen LogP contribution >= 0.6 is 0 Å². The summed E-state index contributed by atoms with van der Waals surface area (Å²) in [7, 11) is 1.33. The van der Waals surface area contributed by atoms with E-state index in [4.69, 9.17) is 18.9 Å². The zero-order valence-corrected chi connectivity index (χ0v) is 12.0. The van der Waals surface area contributed by atoms with Crippen LogP contribution in [0.1, 0.15) is 19.4 Å². The number of esters is 1. The SMILES string of the molecule is COC(=O)[C@H]1OC(C)(C)O[C@@H]1COCc1ccccc1. The van der Waals surface area contributed by atoms with E-state index in [1.54, 1.807) is 13.8 Å². The summed E-state index contributed by atoms with van der Waals surface area (Å²) < 4.78 is 21.5. The molecule has 0 radical (unpaired) electrons. The molecule has 1 heterocycles. The maximum absolute atomic E-state index is 11.7. The Morgan fingerprint density at radius 3 is 2.60 bits per heavy atom. The third kappa shape index (κ3) is 3.79. The first-order valence-electron chi connectivity index (χ1n) is 6.57. The summed E-state index contributed by atoms with van der Waals surface area (Å²) in [6.45, 7) is 4.27. The van der Waals surface area contributed by atoms with E-state index >= 15 is 0 Å². The summed E-state index contributed by atoms with van der Waals surface area (Å²) in [5.41, 5.74) is 1.07. The molecule has 0 unspecified atom stereocenters. The average molecular weight is 280 g/mol. The molecule has 1 saturated heterocycles. The van der Waals surface area contributed by atoms with E-state index in [0.717, 1.165) is 5.56 Å². The lowest BCUT2D eigenvalue weighted by Gasteiger charge is -2.16. The number of methoxy groups -OCH3 is 1. The number of ether oxygens (including phenoxy) is 4. The van der Waals surface area contributed by atoms with Gasteiger partial charge in [-0.3, -0.25) is 0 Å². The minimum absolute atomic E-state index is 0.276. The molecule has 1 aromatic rings. The highest BCUT2D eigenvalue weighted by atomic mass is 16.8. The molecule has 2 atom stereocenters. The maximum Gasteiger partial charge on any atom is 0.337 e. The molecule has 20 heavy (non-hydrogen) atoms. The summed E-state index contributed by atoms with van der Waals surface area (Å²) >= 11 is 0. The van der Waals surface area contributed by atoms with Gasteiger partial charge in [0.05, 0.1) is 20.3 Å². The first-order valence-corrected chi connectivity index (χ1v) is 6.57. The second kappa shape index (κ2) is 6.35. The van der Waals surface area contributed by atoms with Crippen molar-refractivity contribution in [2.75, 3.05) is 13.7 Å². The van der Waals surface area contributed by atoms with Gasteiger partial charge in [0.15, 0.2) is 11.9 Å². The van der Waals surface area contributed by atoms with Gasteiger partial charge in [-0.05, 0) is 19.4 Å². The molecule has 110 valence electrons. The largest absolute Gasteiger partial charge is 0.467 e. The van der Waals surface area contributed by atoms with Crippen LogP contribution in [0.2, 0.25) is 0 Å². The molecule has 0 spiro atoms. The Morgan fingerprint density at radius 1 is 1.25 bits per heavy atom. The van der Waals surface area contributed by atoms with Crippen LogP contribution in [0, 0.1) is 0 Å². The molecule has 0 amide bonds. The summed E-state index contributed by atoms with van der Waals surface area (Å²) in [5.74, 6) is -1.25. The van der Waals surface area contributed by atoms with Gasteiger partial charge in [0, 0.05) is 0 Å². The zero-order chi connectivity index (χ0) is 14.6. The Morgan fingerprint density at radius 2 is 1.95 bits per heavy atom.